The van der Waals surface area contributed by atoms with Gasteiger partial charge in [0.15, 0.2) is 0 Å². The normalized spacial score (nSPS) is 15.1. The second kappa shape index (κ2) is 3.28. The van der Waals surface area contributed by atoms with Gasteiger partial charge in [-0.25, -0.2) is 0 Å². The summed E-state index contributed by atoms with van der Waals surface area (Å²) in [5, 5.41) is 1.23. The molecule has 0 radical (unpaired) electrons. The van der Waals surface area contributed by atoms with Gasteiger partial charge in [0, 0.05) is 35.2 Å². The van der Waals surface area contributed by atoms with Crippen LogP contribution in [0.25, 0.3) is 10.9 Å². The van der Waals surface area contributed by atoms with Gasteiger partial charge in [-0.1, -0.05) is 0 Å². The summed E-state index contributed by atoms with van der Waals surface area (Å²) < 4.78 is 0. The molecule has 0 unspecified atom stereocenters. The smallest absolute Gasteiger partial charge is 0.114 e. The summed E-state index contributed by atoms with van der Waals surface area (Å²) in [6, 6.07) is 8.44. The standard InChI is InChI=1S/C12H11N3/c1-5-13-9-15(7-1)11-2-3-12-10(8-11)4-6-14-12/h1-8,14H,9H2. The highest BCUT2D eigenvalue weighted by atomic mass is 15.2. The predicted molar refractivity (Wildman–Crippen MR) is 63.3 cm³/mol. The molecule has 1 aromatic heterocycles. The summed E-state index contributed by atoms with van der Waals surface area (Å²) in [5.74, 6) is 0. The number of benzene rings is 1. The van der Waals surface area contributed by atoms with Crippen molar-refractivity contribution < 1.29 is 0 Å². The zero-order valence-corrected chi connectivity index (χ0v) is 8.22. The third-order valence-corrected chi connectivity index (χ3v) is 2.56. The highest BCUT2D eigenvalue weighted by Gasteiger charge is 2.04. The molecule has 0 amide bonds. The van der Waals surface area contributed by atoms with Crippen LogP contribution >= 0.6 is 0 Å². The quantitative estimate of drug-likeness (QED) is 0.748. The molecule has 0 saturated carbocycles. The van der Waals surface area contributed by atoms with Gasteiger partial charge >= 0.3 is 0 Å². The summed E-state index contributed by atoms with van der Waals surface area (Å²) in [5.41, 5.74) is 2.35. The Balaban J connectivity index is 2.03. The van der Waals surface area contributed by atoms with Gasteiger partial charge in [0.1, 0.15) is 6.67 Å². The third kappa shape index (κ3) is 1.42. The van der Waals surface area contributed by atoms with Gasteiger partial charge in [0.25, 0.3) is 0 Å². The van der Waals surface area contributed by atoms with Crippen molar-refractivity contribution in [1.29, 1.82) is 0 Å². The summed E-state index contributed by atoms with van der Waals surface area (Å²) in [7, 11) is 0. The van der Waals surface area contributed by atoms with Crippen LogP contribution in [-0.2, 0) is 0 Å². The SMILES string of the molecule is C1=CN(c2ccc3[nH]ccc3c2)CN=C1. The van der Waals surface area contributed by atoms with Crippen molar-refractivity contribution in [2.75, 3.05) is 11.6 Å². The maximum absolute atomic E-state index is 4.21. The van der Waals surface area contributed by atoms with Gasteiger partial charge in [-0.15, -0.1) is 0 Å². The molecule has 2 heterocycles. The Bertz CT molecular complexity index is 537. The Morgan fingerprint density at radius 3 is 3.13 bits per heavy atom. The van der Waals surface area contributed by atoms with Crippen LogP contribution in [0, 0.1) is 0 Å². The average molecular weight is 197 g/mol. The Hall–Kier alpha value is -2.03. The van der Waals surface area contributed by atoms with Crippen molar-refractivity contribution in [2.45, 2.75) is 0 Å². The number of nitrogens with zero attached hydrogens (tertiary/aromatic N) is 2. The minimum absolute atomic E-state index is 0.701. The number of aliphatic imine (C=N–C) groups is 1. The van der Waals surface area contributed by atoms with Crippen LogP contribution < -0.4 is 4.90 Å². The molecule has 0 spiro atoms. The van der Waals surface area contributed by atoms with E-state index in [1.807, 2.05) is 24.7 Å². The summed E-state index contributed by atoms with van der Waals surface area (Å²) >= 11 is 0. The first kappa shape index (κ1) is 8.29. The van der Waals surface area contributed by atoms with Gasteiger partial charge in [-0.05, 0) is 30.3 Å². The molecule has 15 heavy (non-hydrogen) atoms. The van der Waals surface area contributed by atoms with E-state index in [-0.39, 0.29) is 0 Å². The second-order valence-electron chi connectivity index (χ2n) is 3.53. The molecular formula is C12H11N3. The van der Waals surface area contributed by atoms with Gasteiger partial charge in [-0.3, -0.25) is 4.99 Å². The number of fused-ring (bicyclic) bond motifs is 1. The van der Waals surface area contributed by atoms with Crippen LogP contribution in [0.15, 0.2) is 47.7 Å². The molecule has 0 saturated heterocycles. The highest BCUT2D eigenvalue weighted by Crippen LogP contribution is 2.22. The summed E-state index contributed by atoms with van der Waals surface area (Å²) in [6.45, 7) is 0.701. The lowest BCUT2D eigenvalue weighted by molar-refractivity contribution is 0.971. The van der Waals surface area contributed by atoms with Crippen LogP contribution in [0.1, 0.15) is 0 Å². The van der Waals surface area contributed by atoms with E-state index in [4.69, 9.17) is 0 Å². The van der Waals surface area contributed by atoms with Crippen molar-refractivity contribution in [3.8, 4) is 0 Å². The number of hydrogen-bond donors (Lipinski definition) is 1. The molecule has 3 nitrogen and oxygen atoms in total. The van der Waals surface area contributed by atoms with E-state index in [1.54, 1.807) is 0 Å². The zero-order valence-electron chi connectivity index (χ0n) is 8.22. The van der Waals surface area contributed by atoms with Crippen LogP contribution in [0.4, 0.5) is 5.69 Å². The van der Waals surface area contributed by atoms with Crippen molar-refractivity contribution in [1.82, 2.24) is 4.98 Å². The molecule has 3 rings (SSSR count). The van der Waals surface area contributed by atoms with E-state index in [2.05, 4.69) is 39.1 Å². The fourth-order valence-electron chi connectivity index (χ4n) is 1.77. The van der Waals surface area contributed by atoms with Gasteiger partial charge in [-0.2, -0.15) is 0 Å². The number of allylic oxidation sites excluding steroid dienone is 1. The topological polar surface area (TPSA) is 31.4 Å². The van der Waals surface area contributed by atoms with Crippen molar-refractivity contribution in [3.05, 3.63) is 42.7 Å². The number of aromatic nitrogens is 1. The van der Waals surface area contributed by atoms with Crippen LogP contribution in [0.3, 0.4) is 0 Å². The monoisotopic (exact) mass is 197 g/mol. The first-order valence-corrected chi connectivity index (χ1v) is 4.94. The van der Waals surface area contributed by atoms with Gasteiger partial charge in [0.05, 0.1) is 0 Å². The number of H-pyrrole nitrogens is 1. The molecule has 3 heteroatoms. The van der Waals surface area contributed by atoms with Crippen molar-refractivity contribution >= 4 is 22.8 Å². The van der Waals surface area contributed by atoms with Crippen molar-refractivity contribution in [3.63, 3.8) is 0 Å². The molecule has 1 aliphatic rings. The number of rotatable bonds is 1. The Morgan fingerprint density at radius 2 is 2.27 bits per heavy atom. The van der Waals surface area contributed by atoms with Crippen molar-refractivity contribution in [2.24, 2.45) is 4.99 Å². The largest absolute Gasteiger partial charge is 0.361 e. The number of anilines is 1. The predicted octanol–water partition coefficient (Wildman–Crippen LogP) is 2.53. The summed E-state index contributed by atoms with van der Waals surface area (Å²) in [6.07, 6.45) is 7.77. The zero-order chi connectivity index (χ0) is 10.1. The second-order valence-corrected chi connectivity index (χ2v) is 3.53. The lowest BCUT2D eigenvalue weighted by Gasteiger charge is -2.19. The highest BCUT2D eigenvalue weighted by molar-refractivity contribution is 5.84. The average Bonchev–Trinajstić information content (AvgIpc) is 2.77. The van der Waals surface area contributed by atoms with Crippen LogP contribution in [0.2, 0.25) is 0 Å². The Kier molecular flexibility index (Phi) is 1.81. The van der Waals surface area contributed by atoms with E-state index < -0.39 is 0 Å². The van der Waals surface area contributed by atoms with Crippen LogP contribution in [0.5, 0.6) is 0 Å². The number of nitrogens with one attached hydrogen (secondary N) is 1. The first-order valence-electron chi connectivity index (χ1n) is 4.94. The van der Waals surface area contributed by atoms with E-state index in [0.717, 1.165) is 0 Å². The molecule has 0 atom stereocenters. The minimum atomic E-state index is 0.701. The van der Waals surface area contributed by atoms with Crippen LogP contribution in [-0.4, -0.2) is 17.9 Å². The number of hydrogen-bond acceptors (Lipinski definition) is 2. The Morgan fingerprint density at radius 1 is 1.27 bits per heavy atom. The van der Waals surface area contributed by atoms with Gasteiger partial charge < -0.3 is 9.88 Å². The van der Waals surface area contributed by atoms with E-state index in [0.29, 0.717) is 6.67 Å². The lowest BCUT2D eigenvalue weighted by atomic mass is 10.2. The van der Waals surface area contributed by atoms with E-state index in [9.17, 15) is 0 Å². The minimum Gasteiger partial charge on any atom is -0.361 e. The molecule has 0 aliphatic carbocycles. The van der Waals surface area contributed by atoms with Gasteiger partial charge in [0.2, 0.25) is 0 Å². The molecule has 2 aromatic rings. The third-order valence-electron chi connectivity index (χ3n) is 2.56. The molecule has 74 valence electrons. The summed E-state index contributed by atoms with van der Waals surface area (Å²) in [4.78, 5) is 9.51. The van der Waals surface area contributed by atoms with E-state index in [1.165, 1.54) is 16.6 Å². The molecule has 1 N–H and O–H groups in total. The maximum atomic E-state index is 4.21. The number of aromatic amines is 1. The fraction of sp³-hybridized carbons (Fsp3) is 0.0833. The van der Waals surface area contributed by atoms with E-state index >= 15 is 0 Å². The molecular weight excluding hydrogens is 186 g/mol. The first-order chi connectivity index (χ1) is 7.43. The molecule has 0 fully saturated rings. The fourth-order valence-corrected chi connectivity index (χ4v) is 1.77. The molecule has 1 aliphatic heterocycles. The maximum Gasteiger partial charge on any atom is 0.114 e. The Labute approximate surface area is 87.7 Å². The molecule has 1 aromatic carbocycles. The molecule has 0 bridgehead atoms. The lowest BCUT2D eigenvalue weighted by Crippen LogP contribution is -2.17.